The van der Waals surface area contributed by atoms with Crippen molar-refractivity contribution in [3.05, 3.63) is 142 Å². The zero-order valence-corrected chi connectivity index (χ0v) is 21.9. The monoisotopic (exact) mass is 551 g/mol. The lowest BCUT2D eigenvalue weighted by atomic mass is 10.0. The number of carbonyl (C=O) groups is 5. The highest BCUT2D eigenvalue weighted by Crippen LogP contribution is 2.25. The summed E-state index contributed by atoms with van der Waals surface area (Å²) in [5.41, 5.74) is 0.450. The van der Waals surface area contributed by atoms with Crippen LogP contribution in [0.2, 0.25) is 0 Å². The van der Waals surface area contributed by atoms with Crippen LogP contribution in [0.4, 0.5) is 0 Å². The van der Waals surface area contributed by atoms with Gasteiger partial charge in [-0.1, -0.05) is 72.3 Å². The zero-order chi connectivity index (χ0) is 29.5. The fourth-order valence-corrected chi connectivity index (χ4v) is 4.20. The summed E-state index contributed by atoms with van der Waals surface area (Å²) >= 11 is 0. The van der Waals surface area contributed by atoms with E-state index >= 15 is 0 Å². The van der Waals surface area contributed by atoms with Crippen molar-refractivity contribution in [1.29, 1.82) is 0 Å². The first-order chi connectivity index (χ1) is 19.7. The van der Waals surface area contributed by atoms with E-state index in [0.717, 1.165) is 10.5 Å². The average molecular weight is 552 g/mol. The molecule has 0 radical (unpaired) electrons. The SMILES string of the molecule is Cc1ccc(C(=O)N(C[C@H](OC(=O)c2ccccc2C(=O)O)c2ccccc2)C(=O)c2ccccc2C(=O)O)cc1. The Kier molecular flexibility index (Phi) is 8.69. The Labute approximate surface area is 235 Å². The van der Waals surface area contributed by atoms with Gasteiger partial charge in [-0.3, -0.25) is 14.5 Å². The van der Waals surface area contributed by atoms with E-state index in [2.05, 4.69) is 0 Å². The van der Waals surface area contributed by atoms with Gasteiger partial charge in [0.25, 0.3) is 11.8 Å². The summed E-state index contributed by atoms with van der Waals surface area (Å²) in [6.45, 7) is 1.35. The number of aryl methyl sites for hydroxylation is 1. The highest BCUT2D eigenvalue weighted by Gasteiger charge is 2.32. The number of amides is 2. The quantitative estimate of drug-likeness (QED) is 0.212. The van der Waals surface area contributed by atoms with Crippen LogP contribution in [0.3, 0.4) is 0 Å². The summed E-state index contributed by atoms with van der Waals surface area (Å²) in [7, 11) is 0. The fraction of sp³-hybridized carbons (Fsp3) is 0.0938. The molecule has 41 heavy (non-hydrogen) atoms. The number of hydrogen-bond donors (Lipinski definition) is 2. The van der Waals surface area contributed by atoms with E-state index in [0.29, 0.717) is 5.56 Å². The number of carboxylic acids is 2. The maximum atomic E-state index is 13.8. The molecule has 4 rings (SSSR count). The predicted molar refractivity (Wildman–Crippen MR) is 148 cm³/mol. The number of nitrogens with zero attached hydrogens (tertiary/aromatic N) is 1. The second-order valence-corrected chi connectivity index (χ2v) is 9.09. The summed E-state index contributed by atoms with van der Waals surface area (Å²) in [6.07, 6.45) is -1.22. The Hall–Kier alpha value is -5.57. The molecule has 0 bridgehead atoms. The van der Waals surface area contributed by atoms with E-state index in [4.69, 9.17) is 4.74 Å². The number of imide groups is 1. The lowest BCUT2D eigenvalue weighted by molar-refractivity contribution is 0.0177. The summed E-state index contributed by atoms with van der Waals surface area (Å²) in [4.78, 5) is 65.3. The molecule has 9 heteroatoms. The van der Waals surface area contributed by atoms with E-state index in [1.807, 2.05) is 6.92 Å². The molecule has 0 saturated carbocycles. The van der Waals surface area contributed by atoms with Gasteiger partial charge in [-0.2, -0.15) is 0 Å². The average Bonchev–Trinajstić information content (AvgIpc) is 2.99. The van der Waals surface area contributed by atoms with Crippen LogP contribution in [-0.2, 0) is 4.74 Å². The normalized spacial score (nSPS) is 11.2. The first kappa shape index (κ1) is 28.4. The van der Waals surface area contributed by atoms with Gasteiger partial charge < -0.3 is 14.9 Å². The van der Waals surface area contributed by atoms with Crippen molar-refractivity contribution < 1.29 is 38.9 Å². The van der Waals surface area contributed by atoms with Crippen LogP contribution < -0.4 is 0 Å². The second-order valence-electron chi connectivity index (χ2n) is 9.09. The highest BCUT2D eigenvalue weighted by atomic mass is 16.5. The summed E-state index contributed by atoms with van der Waals surface area (Å²) < 4.78 is 5.75. The molecule has 0 unspecified atom stereocenters. The molecular weight excluding hydrogens is 526 g/mol. The van der Waals surface area contributed by atoms with E-state index in [9.17, 15) is 34.2 Å². The lowest BCUT2D eigenvalue weighted by Crippen LogP contribution is -2.41. The molecule has 0 aromatic heterocycles. The minimum absolute atomic E-state index is 0.158. The summed E-state index contributed by atoms with van der Waals surface area (Å²) in [6, 6.07) is 25.8. The molecule has 0 aliphatic rings. The highest BCUT2D eigenvalue weighted by molar-refractivity contribution is 6.13. The van der Waals surface area contributed by atoms with Crippen LogP contribution in [0, 0.1) is 6.92 Å². The molecule has 0 fully saturated rings. The molecule has 4 aromatic rings. The van der Waals surface area contributed by atoms with Gasteiger partial charge in [0.05, 0.1) is 28.8 Å². The largest absolute Gasteiger partial charge is 0.478 e. The van der Waals surface area contributed by atoms with Crippen molar-refractivity contribution in [2.75, 3.05) is 6.54 Å². The van der Waals surface area contributed by atoms with Crippen LogP contribution in [0.25, 0.3) is 0 Å². The van der Waals surface area contributed by atoms with Crippen LogP contribution in [-0.4, -0.2) is 51.4 Å². The fourth-order valence-electron chi connectivity index (χ4n) is 4.20. The molecule has 2 amide bonds. The van der Waals surface area contributed by atoms with Crippen molar-refractivity contribution >= 4 is 29.7 Å². The van der Waals surface area contributed by atoms with Gasteiger partial charge >= 0.3 is 17.9 Å². The van der Waals surface area contributed by atoms with Crippen molar-refractivity contribution in [2.45, 2.75) is 13.0 Å². The summed E-state index contributed by atoms with van der Waals surface area (Å²) in [5.74, 6) is -5.30. The molecule has 0 aliphatic carbocycles. The molecule has 0 saturated heterocycles. The Morgan fingerprint density at radius 3 is 1.68 bits per heavy atom. The maximum Gasteiger partial charge on any atom is 0.339 e. The van der Waals surface area contributed by atoms with E-state index in [1.165, 1.54) is 60.7 Å². The maximum absolute atomic E-state index is 13.8. The number of ether oxygens (including phenoxy) is 1. The Morgan fingerprint density at radius 1 is 0.634 bits per heavy atom. The molecule has 0 aliphatic heterocycles. The van der Waals surface area contributed by atoms with Gasteiger partial charge in [-0.25, -0.2) is 14.4 Å². The van der Waals surface area contributed by atoms with Gasteiger partial charge in [0.1, 0.15) is 6.10 Å². The number of carboxylic acid groups (broad SMARTS) is 2. The zero-order valence-electron chi connectivity index (χ0n) is 21.9. The van der Waals surface area contributed by atoms with Gasteiger partial charge in [-0.15, -0.1) is 0 Å². The predicted octanol–water partition coefficient (Wildman–Crippen LogP) is 5.27. The van der Waals surface area contributed by atoms with Crippen molar-refractivity contribution in [3.63, 3.8) is 0 Å². The smallest absolute Gasteiger partial charge is 0.339 e. The minimum Gasteiger partial charge on any atom is -0.478 e. The second kappa shape index (κ2) is 12.5. The van der Waals surface area contributed by atoms with Crippen LogP contribution >= 0.6 is 0 Å². The third-order valence-electron chi connectivity index (χ3n) is 6.32. The number of hydrogen-bond acceptors (Lipinski definition) is 6. The topological polar surface area (TPSA) is 138 Å². The van der Waals surface area contributed by atoms with Crippen molar-refractivity contribution in [3.8, 4) is 0 Å². The van der Waals surface area contributed by atoms with Gasteiger partial charge in [0, 0.05) is 5.56 Å². The third kappa shape index (κ3) is 6.54. The van der Waals surface area contributed by atoms with Crippen molar-refractivity contribution in [2.24, 2.45) is 0 Å². The first-order valence-corrected chi connectivity index (χ1v) is 12.5. The molecule has 0 heterocycles. The number of rotatable bonds is 9. The van der Waals surface area contributed by atoms with Crippen LogP contribution in [0.1, 0.15) is 69.0 Å². The molecule has 2 N–H and O–H groups in total. The number of carbonyl (C=O) groups excluding carboxylic acids is 3. The third-order valence-corrected chi connectivity index (χ3v) is 6.32. The van der Waals surface area contributed by atoms with Gasteiger partial charge in [0.2, 0.25) is 0 Å². The lowest BCUT2D eigenvalue weighted by Gasteiger charge is -2.27. The standard InChI is InChI=1S/C32H25NO8/c1-20-15-17-22(18-16-20)28(34)33(29(35)23-11-5-6-12-24(23)30(36)37)19-27(21-9-3-2-4-10-21)41-32(40)26-14-8-7-13-25(26)31(38)39/h2-18,27H,19H2,1H3,(H,36,37)(H,38,39)/t27-/m0/s1. The first-order valence-electron chi connectivity index (χ1n) is 12.5. The Morgan fingerprint density at radius 2 is 1.12 bits per heavy atom. The molecule has 206 valence electrons. The molecule has 0 spiro atoms. The Bertz CT molecular complexity index is 1610. The molecule has 1 atom stereocenters. The number of benzene rings is 4. The number of aromatic carboxylic acids is 2. The van der Waals surface area contributed by atoms with Crippen LogP contribution in [0.15, 0.2) is 103 Å². The van der Waals surface area contributed by atoms with Crippen molar-refractivity contribution in [1.82, 2.24) is 4.90 Å². The molecule has 9 nitrogen and oxygen atoms in total. The van der Waals surface area contributed by atoms with Crippen LogP contribution in [0.5, 0.6) is 0 Å². The Balaban J connectivity index is 1.78. The molecular formula is C32H25NO8. The number of esters is 1. The van der Waals surface area contributed by atoms with E-state index < -0.39 is 42.4 Å². The minimum atomic E-state index is -1.35. The van der Waals surface area contributed by atoms with Gasteiger partial charge in [0.15, 0.2) is 0 Å². The van der Waals surface area contributed by atoms with E-state index in [-0.39, 0.29) is 27.8 Å². The van der Waals surface area contributed by atoms with E-state index in [1.54, 1.807) is 42.5 Å². The summed E-state index contributed by atoms with van der Waals surface area (Å²) in [5, 5.41) is 19.2. The van der Waals surface area contributed by atoms with Gasteiger partial charge in [-0.05, 0) is 48.9 Å². The molecule has 4 aromatic carbocycles.